The summed E-state index contributed by atoms with van der Waals surface area (Å²) in [7, 11) is 1.24. The SMILES string of the molecule is C.COCCC(F)(F)F. The van der Waals surface area contributed by atoms with Crippen LogP contribution in [0.5, 0.6) is 0 Å². The summed E-state index contributed by atoms with van der Waals surface area (Å²) < 4.78 is 37.7. The molecular formula is C5H11F3O. The number of alkyl halides is 3. The summed E-state index contributed by atoms with van der Waals surface area (Å²) in [6, 6.07) is 0. The zero-order valence-corrected chi connectivity index (χ0v) is 4.46. The van der Waals surface area contributed by atoms with E-state index in [9.17, 15) is 13.2 Å². The number of halogens is 3. The maximum Gasteiger partial charge on any atom is 0.391 e. The van der Waals surface area contributed by atoms with Crippen molar-refractivity contribution in [2.45, 2.75) is 20.0 Å². The van der Waals surface area contributed by atoms with Crippen LogP contribution >= 0.6 is 0 Å². The van der Waals surface area contributed by atoms with Crippen LogP contribution in [-0.4, -0.2) is 19.9 Å². The van der Waals surface area contributed by atoms with Gasteiger partial charge < -0.3 is 4.74 Å². The molecular weight excluding hydrogens is 133 g/mol. The van der Waals surface area contributed by atoms with Crippen LogP contribution in [0.15, 0.2) is 0 Å². The molecule has 0 heterocycles. The topological polar surface area (TPSA) is 9.23 Å². The number of hydrogen-bond acceptors (Lipinski definition) is 1. The van der Waals surface area contributed by atoms with Crippen molar-refractivity contribution in [2.75, 3.05) is 13.7 Å². The molecule has 0 unspecified atom stereocenters. The van der Waals surface area contributed by atoms with Gasteiger partial charge in [-0.2, -0.15) is 13.2 Å². The second-order valence-corrected chi connectivity index (χ2v) is 1.36. The smallest absolute Gasteiger partial charge is 0.384 e. The van der Waals surface area contributed by atoms with E-state index in [-0.39, 0.29) is 14.0 Å². The van der Waals surface area contributed by atoms with Gasteiger partial charge in [-0.3, -0.25) is 0 Å². The highest BCUT2D eigenvalue weighted by Gasteiger charge is 2.25. The van der Waals surface area contributed by atoms with Crippen LogP contribution in [0.3, 0.4) is 0 Å². The van der Waals surface area contributed by atoms with Gasteiger partial charge >= 0.3 is 6.18 Å². The fraction of sp³-hybridized carbons (Fsp3) is 1.00. The molecule has 0 atom stereocenters. The zero-order chi connectivity index (χ0) is 6.62. The summed E-state index contributed by atoms with van der Waals surface area (Å²) in [6.07, 6.45) is -4.93. The molecule has 0 aliphatic carbocycles. The van der Waals surface area contributed by atoms with Crippen molar-refractivity contribution in [1.29, 1.82) is 0 Å². The van der Waals surface area contributed by atoms with Crippen LogP contribution in [0.4, 0.5) is 13.2 Å². The first-order valence-corrected chi connectivity index (χ1v) is 2.12. The minimum Gasteiger partial charge on any atom is -0.384 e. The van der Waals surface area contributed by atoms with Crippen molar-refractivity contribution in [2.24, 2.45) is 0 Å². The molecule has 1 nitrogen and oxygen atoms in total. The van der Waals surface area contributed by atoms with Crippen molar-refractivity contribution in [1.82, 2.24) is 0 Å². The molecule has 0 bridgehead atoms. The monoisotopic (exact) mass is 144 g/mol. The Hall–Kier alpha value is -0.250. The van der Waals surface area contributed by atoms with E-state index in [4.69, 9.17) is 0 Å². The molecule has 0 radical (unpaired) electrons. The average molecular weight is 144 g/mol. The molecule has 0 aromatic heterocycles. The summed E-state index contributed by atoms with van der Waals surface area (Å²) in [5.41, 5.74) is 0. The minimum absolute atomic E-state index is 0. The Morgan fingerprint density at radius 1 is 1.33 bits per heavy atom. The Kier molecular flexibility index (Phi) is 5.91. The van der Waals surface area contributed by atoms with Crippen molar-refractivity contribution < 1.29 is 17.9 Å². The van der Waals surface area contributed by atoms with Crippen molar-refractivity contribution in [3.8, 4) is 0 Å². The van der Waals surface area contributed by atoms with Gasteiger partial charge in [0.05, 0.1) is 13.0 Å². The second-order valence-electron chi connectivity index (χ2n) is 1.36. The second kappa shape index (κ2) is 4.61. The number of ether oxygens (including phenoxy) is 1. The standard InChI is InChI=1S/C4H7F3O.CH4/c1-8-3-2-4(5,6)7;/h2-3H2,1H3;1H4. The summed E-state index contributed by atoms with van der Waals surface area (Å²) in [6.45, 7) is -0.247. The molecule has 4 heteroatoms. The van der Waals surface area contributed by atoms with E-state index in [0.29, 0.717) is 0 Å². The van der Waals surface area contributed by atoms with E-state index in [1.807, 2.05) is 0 Å². The van der Waals surface area contributed by atoms with E-state index < -0.39 is 12.6 Å². The van der Waals surface area contributed by atoms with Gasteiger partial charge in [0.25, 0.3) is 0 Å². The highest BCUT2D eigenvalue weighted by atomic mass is 19.4. The third-order valence-corrected chi connectivity index (χ3v) is 0.590. The molecule has 58 valence electrons. The van der Waals surface area contributed by atoms with E-state index in [1.54, 1.807) is 0 Å². The number of rotatable bonds is 2. The van der Waals surface area contributed by atoms with Gasteiger partial charge in [0.2, 0.25) is 0 Å². The summed E-state index contributed by atoms with van der Waals surface area (Å²) in [5, 5.41) is 0. The number of methoxy groups -OCH3 is 1. The van der Waals surface area contributed by atoms with Gasteiger partial charge in [0.15, 0.2) is 0 Å². The van der Waals surface area contributed by atoms with Gasteiger partial charge in [0, 0.05) is 7.11 Å². The van der Waals surface area contributed by atoms with Crippen LogP contribution in [-0.2, 0) is 4.74 Å². The lowest BCUT2D eigenvalue weighted by molar-refractivity contribution is -0.143. The first-order valence-electron chi connectivity index (χ1n) is 2.12. The molecule has 0 aromatic rings. The highest BCUT2D eigenvalue weighted by molar-refractivity contribution is 4.46. The van der Waals surface area contributed by atoms with E-state index in [1.165, 1.54) is 7.11 Å². The fourth-order valence-corrected chi connectivity index (χ4v) is 0.218. The maximum atomic E-state index is 11.2. The Morgan fingerprint density at radius 2 is 1.78 bits per heavy atom. The molecule has 0 saturated heterocycles. The van der Waals surface area contributed by atoms with Crippen molar-refractivity contribution in [3.63, 3.8) is 0 Å². The molecule has 0 amide bonds. The van der Waals surface area contributed by atoms with E-state index in [0.717, 1.165) is 0 Å². The average Bonchev–Trinajstić information content (AvgIpc) is 1.59. The third-order valence-electron chi connectivity index (χ3n) is 0.590. The Bertz CT molecular complexity index is 59.7. The molecule has 9 heavy (non-hydrogen) atoms. The predicted octanol–water partition coefficient (Wildman–Crippen LogP) is 2.22. The lowest BCUT2D eigenvalue weighted by Gasteiger charge is -2.02. The van der Waals surface area contributed by atoms with Crippen molar-refractivity contribution >= 4 is 0 Å². The third kappa shape index (κ3) is 11.4. The fourth-order valence-electron chi connectivity index (χ4n) is 0.218. The largest absolute Gasteiger partial charge is 0.391 e. The quantitative estimate of drug-likeness (QED) is 0.577. The van der Waals surface area contributed by atoms with Gasteiger partial charge in [0.1, 0.15) is 0 Å². The van der Waals surface area contributed by atoms with E-state index >= 15 is 0 Å². The van der Waals surface area contributed by atoms with Crippen LogP contribution in [0.1, 0.15) is 13.8 Å². The summed E-state index contributed by atoms with van der Waals surface area (Å²) in [5.74, 6) is 0. The van der Waals surface area contributed by atoms with Gasteiger partial charge in [-0.15, -0.1) is 0 Å². The molecule has 0 aliphatic heterocycles. The van der Waals surface area contributed by atoms with Crippen LogP contribution < -0.4 is 0 Å². The minimum atomic E-state index is -4.07. The van der Waals surface area contributed by atoms with Gasteiger partial charge in [-0.25, -0.2) is 0 Å². The number of hydrogen-bond donors (Lipinski definition) is 0. The molecule has 0 aliphatic rings. The summed E-state index contributed by atoms with van der Waals surface area (Å²) >= 11 is 0. The zero-order valence-electron chi connectivity index (χ0n) is 4.46. The molecule has 0 aromatic carbocycles. The molecule has 0 N–H and O–H groups in total. The molecule has 0 saturated carbocycles. The Balaban J connectivity index is 0. The van der Waals surface area contributed by atoms with Crippen molar-refractivity contribution in [3.05, 3.63) is 0 Å². The maximum absolute atomic E-state index is 11.2. The summed E-state index contributed by atoms with van der Waals surface area (Å²) in [4.78, 5) is 0. The van der Waals surface area contributed by atoms with Crippen LogP contribution in [0.25, 0.3) is 0 Å². The van der Waals surface area contributed by atoms with Gasteiger partial charge in [-0.05, 0) is 0 Å². The lowest BCUT2D eigenvalue weighted by Crippen LogP contribution is -2.10. The lowest BCUT2D eigenvalue weighted by atomic mass is 10.4. The Labute approximate surface area is 52.8 Å². The van der Waals surface area contributed by atoms with Crippen LogP contribution in [0.2, 0.25) is 0 Å². The van der Waals surface area contributed by atoms with Crippen LogP contribution in [0, 0.1) is 0 Å². The first kappa shape index (κ1) is 11.5. The first-order chi connectivity index (χ1) is 3.56. The molecule has 0 spiro atoms. The molecule has 0 fully saturated rings. The normalized spacial score (nSPS) is 10.7. The molecule has 0 rings (SSSR count). The highest BCUT2D eigenvalue weighted by Crippen LogP contribution is 2.18. The Morgan fingerprint density at radius 3 is 1.89 bits per heavy atom. The van der Waals surface area contributed by atoms with E-state index in [2.05, 4.69) is 4.74 Å². The van der Waals surface area contributed by atoms with Gasteiger partial charge in [-0.1, -0.05) is 7.43 Å². The predicted molar refractivity (Wildman–Crippen MR) is 29.3 cm³/mol.